The summed E-state index contributed by atoms with van der Waals surface area (Å²) in [7, 11) is -0.497. The largest absolute Gasteiger partial charge is 0.497 e. The van der Waals surface area contributed by atoms with Gasteiger partial charge in [-0.25, -0.2) is 0 Å². The van der Waals surface area contributed by atoms with E-state index in [-0.39, 0.29) is 31.2 Å². The van der Waals surface area contributed by atoms with E-state index in [0.717, 1.165) is 11.3 Å². The Morgan fingerprint density at radius 2 is 1.56 bits per heavy atom. The molecular weight excluding hydrogens is 420 g/mol. The first-order valence-corrected chi connectivity index (χ1v) is 13.8. The number of methoxy groups -OCH3 is 1. The fourth-order valence-electron chi connectivity index (χ4n) is 4.73. The molecule has 0 aliphatic carbocycles. The molecule has 0 bridgehead atoms. The van der Waals surface area contributed by atoms with Gasteiger partial charge in [0.15, 0.2) is 0 Å². The molecule has 0 aliphatic heterocycles. The van der Waals surface area contributed by atoms with Crippen molar-refractivity contribution in [1.29, 1.82) is 0 Å². The Morgan fingerprint density at radius 3 is 2.00 bits per heavy atom. The highest BCUT2D eigenvalue weighted by Gasteiger charge is 2.47. The van der Waals surface area contributed by atoms with E-state index in [4.69, 9.17) is 18.6 Å². The number of ether oxygens (including phenoxy) is 3. The molecule has 0 N–H and O–H groups in total. The third-order valence-corrected chi connectivity index (χ3v) is 12.4. The van der Waals surface area contributed by atoms with Crippen LogP contribution in [0.15, 0.2) is 36.9 Å². The summed E-state index contributed by atoms with van der Waals surface area (Å²) in [5, 5.41) is 0. The van der Waals surface area contributed by atoms with Crippen LogP contribution in [0.2, 0.25) is 16.6 Å². The number of benzene rings is 1. The fraction of sp³-hybridized carbons (Fsp3) is 0.654. The topological polar surface area (TPSA) is 54.0 Å². The normalized spacial score (nSPS) is 14.1. The minimum Gasteiger partial charge on any atom is -0.497 e. The van der Waals surface area contributed by atoms with Crippen molar-refractivity contribution in [3.8, 4) is 5.75 Å². The zero-order chi connectivity index (χ0) is 24.3. The third-order valence-electron chi connectivity index (χ3n) is 6.32. The molecule has 0 unspecified atom stereocenters. The van der Waals surface area contributed by atoms with Gasteiger partial charge in [-0.2, -0.15) is 0 Å². The van der Waals surface area contributed by atoms with Crippen molar-refractivity contribution in [2.45, 2.75) is 84.2 Å². The number of carbonyl (C=O) groups is 1. The van der Waals surface area contributed by atoms with Crippen LogP contribution in [0.1, 0.15) is 60.5 Å². The Hall–Kier alpha value is -1.47. The average Bonchev–Trinajstić information content (AvgIpc) is 2.73. The summed E-state index contributed by atoms with van der Waals surface area (Å²) < 4.78 is 23.5. The Kier molecular flexibility index (Phi) is 12.4. The molecule has 0 aromatic heterocycles. The zero-order valence-electron chi connectivity index (χ0n) is 21.4. The van der Waals surface area contributed by atoms with Gasteiger partial charge in [0.1, 0.15) is 18.3 Å². The summed E-state index contributed by atoms with van der Waals surface area (Å²) >= 11 is 0. The van der Waals surface area contributed by atoms with Gasteiger partial charge in [0, 0.05) is 0 Å². The van der Waals surface area contributed by atoms with Crippen molar-refractivity contribution in [3.63, 3.8) is 0 Å². The molecule has 1 aromatic carbocycles. The quantitative estimate of drug-likeness (QED) is 0.120. The van der Waals surface area contributed by atoms with Crippen molar-refractivity contribution in [3.05, 3.63) is 42.5 Å². The van der Waals surface area contributed by atoms with Crippen LogP contribution in [0.3, 0.4) is 0 Å². The average molecular weight is 465 g/mol. The van der Waals surface area contributed by atoms with Crippen molar-refractivity contribution in [1.82, 2.24) is 0 Å². The van der Waals surface area contributed by atoms with Gasteiger partial charge in [-0.05, 0) is 47.7 Å². The molecule has 0 saturated heterocycles. The molecule has 0 radical (unpaired) electrons. The lowest BCUT2D eigenvalue weighted by molar-refractivity contribution is -0.131. The van der Waals surface area contributed by atoms with Crippen LogP contribution < -0.4 is 4.74 Å². The molecule has 32 heavy (non-hydrogen) atoms. The molecule has 0 spiro atoms. The van der Waals surface area contributed by atoms with Crippen LogP contribution >= 0.6 is 0 Å². The van der Waals surface area contributed by atoms with Crippen molar-refractivity contribution >= 4 is 14.1 Å². The lowest BCUT2D eigenvalue weighted by Crippen LogP contribution is -2.52. The first-order chi connectivity index (χ1) is 15.1. The molecule has 0 fully saturated rings. The second-order valence-corrected chi connectivity index (χ2v) is 14.8. The first kappa shape index (κ1) is 28.6. The molecule has 0 amide bonds. The monoisotopic (exact) mass is 464 g/mol. The summed E-state index contributed by atoms with van der Waals surface area (Å²) in [4.78, 5) is 12.6. The van der Waals surface area contributed by atoms with Gasteiger partial charge in [-0.3, -0.25) is 4.79 Å². The SMILES string of the molecule is C=CC[C@H](O[Si](C(C)C)(C(C)C)C(C)C)[C@@H](COCOCc1ccc(OC)cc1)C(C)=O. The third kappa shape index (κ3) is 7.83. The highest BCUT2D eigenvalue weighted by atomic mass is 28.4. The lowest BCUT2D eigenvalue weighted by Gasteiger charge is -2.45. The van der Waals surface area contributed by atoms with E-state index in [1.165, 1.54) is 0 Å². The van der Waals surface area contributed by atoms with Gasteiger partial charge in [-0.15, -0.1) is 6.58 Å². The van der Waals surface area contributed by atoms with Gasteiger partial charge >= 0.3 is 0 Å². The van der Waals surface area contributed by atoms with E-state index < -0.39 is 8.32 Å². The summed E-state index contributed by atoms with van der Waals surface area (Å²) in [5.41, 5.74) is 2.36. The van der Waals surface area contributed by atoms with Gasteiger partial charge in [0.2, 0.25) is 8.32 Å². The maximum absolute atomic E-state index is 12.6. The highest BCUT2D eigenvalue weighted by Crippen LogP contribution is 2.44. The number of rotatable bonds is 16. The molecular formula is C26H44O5Si. The molecule has 0 heterocycles. The van der Waals surface area contributed by atoms with Crippen LogP contribution in [-0.2, 0) is 25.3 Å². The fourth-order valence-corrected chi connectivity index (χ4v) is 10.3. The van der Waals surface area contributed by atoms with Gasteiger partial charge in [0.05, 0.1) is 32.3 Å². The zero-order valence-corrected chi connectivity index (χ0v) is 22.4. The van der Waals surface area contributed by atoms with Gasteiger partial charge < -0.3 is 18.6 Å². The molecule has 182 valence electrons. The Labute approximate surface area is 196 Å². The molecule has 1 rings (SSSR count). The standard InChI is InChI=1S/C26H44O5Si/c1-10-11-26(31-32(19(2)3,20(4)5)21(6)7)25(22(8)27)17-30-18-29-16-23-12-14-24(28-9)15-13-23/h10,12-15,19-21,25-26H,1,11,16-18H2,2-9H3/t25-,26-/m0/s1. The number of Topliss-reactive ketones (excluding diaryl/α,β-unsaturated/α-hetero) is 1. The smallest absolute Gasteiger partial charge is 0.200 e. The van der Waals surface area contributed by atoms with E-state index in [9.17, 15) is 4.79 Å². The summed E-state index contributed by atoms with van der Waals surface area (Å²) in [6, 6.07) is 7.71. The number of hydrogen-bond donors (Lipinski definition) is 0. The molecule has 2 atom stereocenters. The van der Waals surface area contributed by atoms with Crippen LogP contribution in [0.5, 0.6) is 5.75 Å². The minimum absolute atomic E-state index is 0.0752. The Morgan fingerprint density at radius 1 is 1.00 bits per heavy atom. The molecule has 6 heteroatoms. The summed E-state index contributed by atoms with van der Waals surface area (Å²) in [5.74, 6) is 0.540. The number of ketones is 1. The van der Waals surface area contributed by atoms with E-state index in [1.807, 2.05) is 30.3 Å². The maximum Gasteiger partial charge on any atom is 0.200 e. The first-order valence-electron chi connectivity index (χ1n) is 11.7. The molecule has 5 nitrogen and oxygen atoms in total. The predicted molar refractivity (Wildman–Crippen MR) is 134 cm³/mol. The van der Waals surface area contributed by atoms with Crippen LogP contribution in [0.25, 0.3) is 0 Å². The van der Waals surface area contributed by atoms with E-state index in [1.54, 1.807) is 14.0 Å². The van der Waals surface area contributed by atoms with Crippen molar-refractivity contribution < 1.29 is 23.4 Å². The van der Waals surface area contributed by atoms with Gasteiger partial charge in [-0.1, -0.05) is 59.8 Å². The second-order valence-electron chi connectivity index (χ2n) is 9.40. The summed E-state index contributed by atoms with van der Waals surface area (Å²) in [6.45, 7) is 19.9. The van der Waals surface area contributed by atoms with Crippen LogP contribution in [0.4, 0.5) is 0 Å². The maximum atomic E-state index is 12.6. The molecule has 0 aliphatic rings. The highest BCUT2D eigenvalue weighted by molar-refractivity contribution is 6.77. The number of hydrogen-bond acceptors (Lipinski definition) is 5. The second kappa shape index (κ2) is 13.9. The van der Waals surface area contributed by atoms with Crippen LogP contribution in [-0.4, -0.2) is 40.7 Å². The Balaban J connectivity index is 2.79. The van der Waals surface area contributed by atoms with Crippen molar-refractivity contribution in [2.24, 2.45) is 5.92 Å². The van der Waals surface area contributed by atoms with E-state index >= 15 is 0 Å². The van der Waals surface area contributed by atoms with Gasteiger partial charge in [0.25, 0.3) is 0 Å². The Bertz CT molecular complexity index is 662. The van der Waals surface area contributed by atoms with Crippen molar-refractivity contribution in [2.75, 3.05) is 20.5 Å². The molecule has 0 saturated carbocycles. The summed E-state index contributed by atoms with van der Waals surface area (Å²) in [6.07, 6.45) is 2.24. The number of carbonyl (C=O) groups excluding carboxylic acids is 1. The minimum atomic E-state index is -2.14. The lowest BCUT2D eigenvalue weighted by atomic mass is 9.97. The predicted octanol–water partition coefficient (Wildman–Crippen LogP) is 6.53. The van der Waals surface area contributed by atoms with Crippen LogP contribution in [0, 0.1) is 5.92 Å². The van der Waals surface area contributed by atoms with E-state index in [0.29, 0.717) is 29.7 Å². The van der Waals surface area contributed by atoms with E-state index in [2.05, 4.69) is 48.1 Å². The molecule has 1 aromatic rings.